The number of benzene rings is 1. The lowest BCUT2D eigenvalue weighted by Crippen LogP contribution is -2.48. The first-order chi connectivity index (χ1) is 11.1. The summed E-state index contributed by atoms with van der Waals surface area (Å²) in [4.78, 5) is 39.8. The number of hydrogen-bond donors (Lipinski definition) is 0. The minimum absolute atomic E-state index is 0.0289. The number of hydrogen-bond acceptors (Lipinski definition) is 4. The first kappa shape index (κ1) is 15.3. The van der Waals surface area contributed by atoms with Gasteiger partial charge in [-0.3, -0.25) is 14.4 Å². The molecule has 3 rings (SSSR count). The van der Waals surface area contributed by atoms with Crippen molar-refractivity contribution >= 4 is 23.9 Å². The predicted molar refractivity (Wildman–Crippen MR) is 83.3 cm³/mol. The van der Waals surface area contributed by atoms with Crippen LogP contribution in [0.1, 0.15) is 5.56 Å². The van der Waals surface area contributed by atoms with Gasteiger partial charge in [-0.1, -0.05) is 6.07 Å². The summed E-state index contributed by atoms with van der Waals surface area (Å²) in [5.41, 5.74) is 1.54. The van der Waals surface area contributed by atoms with Crippen molar-refractivity contribution in [1.29, 1.82) is 0 Å². The molecule has 0 saturated carbocycles. The average molecular weight is 317 g/mol. The number of likely N-dealkylation sites (N-methyl/N-ethyl adjacent to an activating group) is 1. The van der Waals surface area contributed by atoms with Gasteiger partial charge < -0.3 is 19.4 Å². The standard InChI is InChI=1S/C16H19N3O4/c1-17-13-8-12(2-3-14(13)23-10-16(17)22)9-15(21)19-6-4-18(11-20)5-7-19/h2-3,8,11H,4-7,9-10H2,1H3. The van der Waals surface area contributed by atoms with E-state index in [0.717, 1.165) is 12.0 Å². The van der Waals surface area contributed by atoms with E-state index in [1.54, 1.807) is 27.8 Å². The van der Waals surface area contributed by atoms with Gasteiger partial charge in [-0.05, 0) is 17.7 Å². The van der Waals surface area contributed by atoms with Crippen LogP contribution >= 0.6 is 0 Å². The third-order valence-corrected chi connectivity index (χ3v) is 4.28. The monoisotopic (exact) mass is 317 g/mol. The molecule has 1 aromatic rings. The SMILES string of the molecule is CN1C(=O)COc2ccc(CC(=O)N3CCN(C=O)CC3)cc21. The van der Waals surface area contributed by atoms with Crippen LogP contribution in [0.3, 0.4) is 0 Å². The summed E-state index contributed by atoms with van der Waals surface area (Å²) in [6, 6.07) is 5.47. The van der Waals surface area contributed by atoms with E-state index in [1.807, 2.05) is 12.1 Å². The third-order valence-electron chi connectivity index (χ3n) is 4.28. The first-order valence-electron chi connectivity index (χ1n) is 7.58. The molecule has 2 aliphatic rings. The molecule has 0 atom stereocenters. The molecule has 3 amide bonds. The van der Waals surface area contributed by atoms with Crippen LogP contribution in [0, 0.1) is 0 Å². The summed E-state index contributed by atoms with van der Waals surface area (Å²) in [6.45, 7) is 2.31. The number of nitrogens with zero attached hydrogens (tertiary/aromatic N) is 3. The van der Waals surface area contributed by atoms with Crippen LogP contribution < -0.4 is 9.64 Å². The Labute approximate surface area is 134 Å². The zero-order valence-corrected chi connectivity index (χ0v) is 13.0. The number of piperazine rings is 1. The molecule has 0 N–H and O–H groups in total. The fourth-order valence-electron chi connectivity index (χ4n) is 2.79. The number of ether oxygens (including phenoxy) is 1. The number of rotatable bonds is 3. The molecule has 1 fully saturated rings. The smallest absolute Gasteiger partial charge is 0.264 e. The fourth-order valence-corrected chi connectivity index (χ4v) is 2.79. The van der Waals surface area contributed by atoms with E-state index in [1.165, 1.54) is 0 Å². The Morgan fingerprint density at radius 3 is 2.70 bits per heavy atom. The van der Waals surface area contributed by atoms with Crippen molar-refractivity contribution in [1.82, 2.24) is 9.80 Å². The normalized spacial score (nSPS) is 17.6. The Morgan fingerprint density at radius 2 is 2.00 bits per heavy atom. The molecule has 7 nitrogen and oxygen atoms in total. The van der Waals surface area contributed by atoms with Crippen LogP contribution in [0.15, 0.2) is 18.2 Å². The van der Waals surface area contributed by atoms with E-state index in [-0.39, 0.29) is 24.8 Å². The summed E-state index contributed by atoms with van der Waals surface area (Å²) in [5.74, 6) is 0.579. The van der Waals surface area contributed by atoms with Gasteiger partial charge in [0.1, 0.15) is 5.75 Å². The maximum Gasteiger partial charge on any atom is 0.264 e. The minimum Gasteiger partial charge on any atom is -0.482 e. The van der Waals surface area contributed by atoms with Crippen molar-refractivity contribution in [3.05, 3.63) is 23.8 Å². The van der Waals surface area contributed by atoms with Gasteiger partial charge in [-0.15, -0.1) is 0 Å². The van der Waals surface area contributed by atoms with Crippen LogP contribution in [-0.4, -0.2) is 67.9 Å². The van der Waals surface area contributed by atoms with Gasteiger partial charge in [-0.25, -0.2) is 0 Å². The van der Waals surface area contributed by atoms with Crippen LogP contribution in [0.5, 0.6) is 5.75 Å². The molecule has 1 saturated heterocycles. The van der Waals surface area contributed by atoms with E-state index < -0.39 is 0 Å². The van der Waals surface area contributed by atoms with Gasteiger partial charge in [0, 0.05) is 33.2 Å². The summed E-state index contributed by atoms with van der Waals surface area (Å²) < 4.78 is 5.38. The number of carbonyl (C=O) groups is 3. The fraction of sp³-hybridized carbons (Fsp3) is 0.438. The minimum atomic E-state index is -0.106. The molecule has 0 radical (unpaired) electrons. The van der Waals surface area contributed by atoms with Crippen LogP contribution in [0.25, 0.3) is 0 Å². The number of fused-ring (bicyclic) bond motifs is 1. The van der Waals surface area contributed by atoms with Crippen LogP contribution in [-0.2, 0) is 20.8 Å². The highest BCUT2D eigenvalue weighted by Crippen LogP contribution is 2.32. The molecule has 2 heterocycles. The molecule has 0 aromatic heterocycles. The number of anilines is 1. The Kier molecular flexibility index (Phi) is 4.18. The number of amides is 3. The lowest BCUT2D eigenvalue weighted by Gasteiger charge is -2.32. The predicted octanol–water partition coefficient (Wildman–Crippen LogP) is -0.115. The van der Waals surface area contributed by atoms with Crippen molar-refractivity contribution < 1.29 is 19.1 Å². The summed E-state index contributed by atoms with van der Waals surface area (Å²) in [6.07, 6.45) is 1.09. The van der Waals surface area contributed by atoms with E-state index in [4.69, 9.17) is 4.74 Å². The Morgan fingerprint density at radius 1 is 1.26 bits per heavy atom. The molecule has 23 heavy (non-hydrogen) atoms. The molecule has 0 unspecified atom stereocenters. The topological polar surface area (TPSA) is 70.2 Å². The molecule has 1 aromatic carbocycles. The maximum absolute atomic E-state index is 12.4. The molecule has 0 bridgehead atoms. The van der Waals surface area contributed by atoms with Crippen LogP contribution in [0.2, 0.25) is 0 Å². The second kappa shape index (κ2) is 6.28. The van der Waals surface area contributed by atoms with Crippen molar-refractivity contribution in [2.24, 2.45) is 0 Å². The van der Waals surface area contributed by atoms with E-state index >= 15 is 0 Å². The molecule has 0 aliphatic carbocycles. The van der Waals surface area contributed by atoms with E-state index in [9.17, 15) is 14.4 Å². The molecular formula is C16H19N3O4. The highest BCUT2D eigenvalue weighted by atomic mass is 16.5. The molecule has 0 spiro atoms. The van der Waals surface area contributed by atoms with Crippen molar-refractivity contribution in [3.63, 3.8) is 0 Å². The lowest BCUT2D eigenvalue weighted by atomic mass is 10.1. The second-order valence-corrected chi connectivity index (χ2v) is 5.74. The number of carbonyl (C=O) groups excluding carboxylic acids is 3. The Balaban J connectivity index is 1.68. The van der Waals surface area contributed by atoms with Gasteiger partial charge in [-0.2, -0.15) is 0 Å². The van der Waals surface area contributed by atoms with E-state index in [0.29, 0.717) is 37.6 Å². The molecule has 2 aliphatic heterocycles. The Hall–Kier alpha value is -2.57. The van der Waals surface area contributed by atoms with Gasteiger partial charge in [0.25, 0.3) is 5.91 Å². The van der Waals surface area contributed by atoms with Gasteiger partial charge >= 0.3 is 0 Å². The molecular weight excluding hydrogens is 298 g/mol. The first-order valence-corrected chi connectivity index (χ1v) is 7.58. The Bertz CT molecular complexity index is 638. The molecule has 7 heteroatoms. The maximum atomic E-state index is 12.4. The van der Waals surface area contributed by atoms with Crippen molar-refractivity contribution in [3.8, 4) is 5.75 Å². The van der Waals surface area contributed by atoms with Crippen molar-refractivity contribution in [2.75, 3.05) is 44.7 Å². The van der Waals surface area contributed by atoms with Gasteiger partial charge in [0.2, 0.25) is 12.3 Å². The van der Waals surface area contributed by atoms with Gasteiger partial charge in [0.15, 0.2) is 6.61 Å². The summed E-state index contributed by atoms with van der Waals surface area (Å²) in [5, 5.41) is 0. The second-order valence-electron chi connectivity index (χ2n) is 5.74. The van der Waals surface area contributed by atoms with Gasteiger partial charge in [0.05, 0.1) is 12.1 Å². The van der Waals surface area contributed by atoms with Crippen molar-refractivity contribution in [2.45, 2.75) is 6.42 Å². The largest absolute Gasteiger partial charge is 0.482 e. The third kappa shape index (κ3) is 3.13. The molecule has 122 valence electrons. The summed E-state index contributed by atoms with van der Waals surface area (Å²) >= 11 is 0. The highest BCUT2D eigenvalue weighted by Gasteiger charge is 2.24. The summed E-state index contributed by atoms with van der Waals surface area (Å²) in [7, 11) is 1.70. The van der Waals surface area contributed by atoms with E-state index in [2.05, 4.69) is 0 Å². The zero-order chi connectivity index (χ0) is 16.4. The quantitative estimate of drug-likeness (QED) is 0.729. The zero-order valence-electron chi connectivity index (χ0n) is 13.0. The average Bonchev–Trinajstić information content (AvgIpc) is 2.58. The van der Waals surface area contributed by atoms with Crippen LogP contribution in [0.4, 0.5) is 5.69 Å². The highest BCUT2D eigenvalue weighted by molar-refractivity contribution is 5.97. The lowest BCUT2D eigenvalue weighted by molar-refractivity contribution is -0.134.